The van der Waals surface area contributed by atoms with Gasteiger partial charge in [0.2, 0.25) is 8.32 Å². The fraction of sp³-hybridized carbons (Fsp3) is 0.667. The van der Waals surface area contributed by atoms with Gasteiger partial charge in [0, 0.05) is 34.6 Å². The molecule has 3 aliphatic rings. The van der Waals surface area contributed by atoms with Crippen molar-refractivity contribution in [3.63, 3.8) is 0 Å². The molecule has 0 radical (unpaired) electrons. The minimum atomic E-state index is -2.43. The number of ether oxygens (including phenoxy) is 8. The van der Waals surface area contributed by atoms with Crippen molar-refractivity contribution >= 4 is 50.1 Å². The Bertz CT molecular complexity index is 1220. The molecule has 0 amide bonds. The van der Waals surface area contributed by atoms with Crippen molar-refractivity contribution in [3.05, 3.63) is 11.8 Å². The van der Waals surface area contributed by atoms with Gasteiger partial charge < -0.3 is 42.3 Å². The van der Waals surface area contributed by atoms with E-state index in [0.717, 1.165) is 34.6 Å². The van der Waals surface area contributed by atoms with E-state index in [4.69, 9.17) is 42.3 Å². The van der Waals surface area contributed by atoms with Gasteiger partial charge in [-0.25, -0.2) is 0 Å². The van der Waals surface area contributed by atoms with E-state index in [0.29, 0.717) is 0 Å². The third-order valence-corrected chi connectivity index (χ3v) is 7.23. The molecule has 9 atom stereocenters. The minimum absolute atomic E-state index is 0.0305. The first-order valence-electron chi connectivity index (χ1n) is 13.7. The molecule has 0 spiro atoms. The third kappa shape index (κ3) is 8.63. The molecule has 0 aromatic carbocycles. The van der Waals surface area contributed by atoms with Crippen LogP contribution in [-0.2, 0) is 75.9 Å². The Morgan fingerprint density at radius 1 is 0.727 bits per heavy atom. The Morgan fingerprint density at radius 2 is 1.25 bits per heavy atom. The predicted molar refractivity (Wildman–Crippen MR) is 143 cm³/mol. The van der Waals surface area contributed by atoms with E-state index >= 15 is 0 Å². The Kier molecular flexibility index (Phi) is 10.9. The molecular weight excluding hydrogens is 608 g/mol. The Hall–Kier alpha value is -3.83. The van der Waals surface area contributed by atoms with Crippen molar-refractivity contribution in [2.75, 3.05) is 6.61 Å². The monoisotopic (exact) mass is 644 g/mol. The zero-order valence-corrected chi connectivity index (χ0v) is 26.5. The summed E-state index contributed by atoms with van der Waals surface area (Å²) < 4.78 is 49.8. The molecule has 3 rings (SSSR count). The van der Waals surface area contributed by atoms with Gasteiger partial charge in [-0.2, -0.15) is 0 Å². The van der Waals surface area contributed by atoms with Crippen molar-refractivity contribution in [2.45, 2.75) is 97.2 Å². The van der Waals surface area contributed by atoms with E-state index in [1.54, 1.807) is 0 Å². The fourth-order valence-electron chi connectivity index (χ4n) is 5.05. The first-order valence-corrected chi connectivity index (χ1v) is 17.1. The van der Waals surface area contributed by atoms with E-state index in [2.05, 4.69) is 0 Å². The number of carbonyl (C=O) groups is 7. The maximum absolute atomic E-state index is 12.9. The van der Waals surface area contributed by atoms with E-state index in [-0.39, 0.29) is 5.76 Å². The molecule has 2 heterocycles. The van der Waals surface area contributed by atoms with Gasteiger partial charge in [0.1, 0.15) is 30.3 Å². The van der Waals surface area contributed by atoms with Crippen LogP contribution in [0, 0.1) is 11.8 Å². The first-order chi connectivity index (χ1) is 20.4. The van der Waals surface area contributed by atoms with E-state index < -0.39 is 111 Å². The zero-order valence-electron chi connectivity index (χ0n) is 25.5. The number of hydrogen-bond acceptors (Lipinski definition) is 16. The topological polar surface area (TPSA) is 203 Å². The lowest BCUT2D eigenvalue weighted by Gasteiger charge is -2.45. The maximum Gasteiger partial charge on any atom is 0.321 e. The summed E-state index contributed by atoms with van der Waals surface area (Å²) in [4.78, 5) is 85.8. The van der Waals surface area contributed by atoms with Crippen LogP contribution in [0.4, 0.5) is 0 Å². The van der Waals surface area contributed by atoms with Crippen LogP contribution < -0.4 is 0 Å². The highest BCUT2D eigenvalue weighted by Gasteiger charge is 2.60. The summed E-state index contributed by atoms with van der Waals surface area (Å²) in [5.74, 6) is -8.67. The molecule has 44 heavy (non-hydrogen) atoms. The molecule has 0 aromatic rings. The number of hydrogen-bond donors (Lipinski definition) is 0. The standard InChI is InChI=1S/C27H36O16Si/c1-11(28)35-10-18-22(37-13(3)30)23(38-14(4)31)24(39-15(5)32)27(41-18)40-16-9-17(43-44(6,7)8)21(36-12(2)29)20-19(16)25(33)42-26(20)34/h9,16,18-24,27H,10H2,1-8H3/t16-,18+,19-,20-,21-,22+,23-,24+,27+/m0/s1. The van der Waals surface area contributed by atoms with E-state index in [9.17, 15) is 33.6 Å². The van der Waals surface area contributed by atoms with Crippen LogP contribution in [0.2, 0.25) is 19.6 Å². The number of rotatable bonds is 10. The molecule has 2 aliphatic heterocycles. The lowest BCUT2D eigenvalue weighted by Crippen LogP contribution is -2.63. The Balaban J connectivity index is 2.12. The molecule has 17 heteroatoms. The Labute approximate surface area is 253 Å². The van der Waals surface area contributed by atoms with Gasteiger partial charge in [-0.1, -0.05) is 0 Å². The molecule has 2 fully saturated rings. The smallest absolute Gasteiger partial charge is 0.321 e. The summed E-state index contributed by atoms with van der Waals surface area (Å²) in [7, 11) is -2.43. The number of esters is 7. The molecule has 0 bridgehead atoms. The van der Waals surface area contributed by atoms with Crippen molar-refractivity contribution in [3.8, 4) is 0 Å². The van der Waals surface area contributed by atoms with Gasteiger partial charge in [0.15, 0.2) is 30.7 Å². The molecule has 0 N–H and O–H groups in total. The molecule has 0 aromatic heterocycles. The van der Waals surface area contributed by atoms with Gasteiger partial charge in [0.05, 0.1) is 6.10 Å². The average molecular weight is 645 g/mol. The van der Waals surface area contributed by atoms with Crippen LogP contribution >= 0.6 is 0 Å². The molecule has 2 saturated heterocycles. The third-order valence-electron chi connectivity index (χ3n) is 6.38. The summed E-state index contributed by atoms with van der Waals surface area (Å²) in [5, 5.41) is 0. The highest BCUT2D eigenvalue weighted by atomic mass is 28.4. The van der Waals surface area contributed by atoms with Gasteiger partial charge in [0.25, 0.3) is 0 Å². The summed E-state index contributed by atoms with van der Waals surface area (Å²) in [6, 6.07) is 0. The normalized spacial score (nSPS) is 31.5. The second-order valence-electron chi connectivity index (χ2n) is 11.3. The first kappa shape index (κ1) is 34.7. The lowest BCUT2D eigenvalue weighted by atomic mass is 9.79. The van der Waals surface area contributed by atoms with Crippen LogP contribution in [0.25, 0.3) is 0 Å². The highest BCUT2D eigenvalue weighted by Crippen LogP contribution is 2.42. The second kappa shape index (κ2) is 13.9. The quantitative estimate of drug-likeness (QED) is 0.137. The molecule has 1 aliphatic carbocycles. The summed E-state index contributed by atoms with van der Waals surface area (Å²) >= 11 is 0. The number of fused-ring (bicyclic) bond motifs is 1. The molecule has 0 saturated carbocycles. The fourth-order valence-corrected chi connectivity index (χ4v) is 5.94. The van der Waals surface area contributed by atoms with Crippen molar-refractivity contribution in [1.82, 2.24) is 0 Å². The molecule has 16 nitrogen and oxygen atoms in total. The van der Waals surface area contributed by atoms with Gasteiger partial charge in [-0.05, 0) is 25.7 Å². The molecule has 244 valence electrons. The summed E-state index contributed by atoms with van der Waals surface area (Å²) in [6.45, 7) is 10.4. The van der Waals surface area contributed by atoms with Crippen molar-refractivity contribution in [2.24, 2.45) is 11.8 Å². The average Bonchev–Trinajstić information content (AvgIpc) is 3.15. The van der Waals surface area contributed by atoms with Crippen molar-refractivity contribution in [1.29, 1.82) is 0 Å². The predicted octanol–water partition coefficient (Wildman–Crippen LogP) is 0.451. The van der Waals surface area contributed by atoms with Gasteiger partial charge >= 0.3 is 41.8 Å². The summed E-state index contributed by atoms with van der Waals surface area (Å²) in [5.41, 5.74) is 0. The second-order valence-corrected chi connectivity index (χ2v) is 15.7. The van der Waals surface area contributed by atoms with Crippen LogP contribution in [0.5, 0.6) is 0 Å². The van der Waals surface area contributed by atoms with Gasteiger partial charge in [-0.3, -0.25) is 33.6 Å². The van der Waals surface area contributed by atoms with Crippen molar-refractivity contribution < 1.29 is 75.9 Å². The minimum Gasteiger partial charge on any atom is -0.545 e. The van der Waals surface area contributed by atoms with E-state index in [1.807, 2.05) is 19.6 Å². The highest BCUT2D eigenvalue weighted by molar-refractivity contribution is 6.70. The summed E-state index contributed by atoms with van der Waals surface area (Å²) in [6.07, 6.45) is -8.90. The largest absolute Gasteiger partial charge is 0.545 e. The van der Waals surface area contributed by atoms with Crippen LogP contribution in [0.3, 0.4) is 0 Å². The zero-order chi connectivity index (χ0) is 33.1. The lowest BCUT2D eigenvalue weighted by molar-refractivity contribution is -0.317. The SMILES string of the molecule is CC(=O)OC[C@H]1O[C@@H](O[C@H]2C=C(O[Si](C)(C)C)[C@H](OC(C)=O)[C@H]3C(=O)OC(=O)[C@H]32)[C@H](OC(C)=O)[C@@H](OC(C)=O)[C@@H]1OC(C)=O. The Morgan fingerprint density at radius 3 is 1.77 bits per heavy atom. The molecular formula is C27H36O16Si. The number of cyclic esters (lactones) is 2. The van der Waals surface area contributed by atoms with Crippen LogP contribution in [0.1, 0.15) is 34.6 Å². The maximum atomic E-state index is 12.9. The van der Waals surface area contributed by atoms with E-state index in [1.165, 1.54) is 6.08 Å². The van der Waals surface area contributed by atoms with Gasteiger partial charge in [-0.15, -0.1) is 0 Å². The molecule has 0 unspecified atom stereocenters. The number of carbonyl (C=O) groups excluding carboxylic acids is 7. The van der Waals surface area contributed by atoms with Crippen LogP contribution in [-0.4, -0.2) is 99.6 Å². The van der Waals surface area contributed by atoms with Crippen LogP contribution in [0.15, 0.2) is 11.8 Å².